The van der Waals surface area contributed by atoms with Gasteiger partial charge >= 0.3 is 0 Å². The summed E-state index contributed by atoms with van der Waals surface area (Å²) in [4.78, 5) is 17.2. The Labute approximate surface area is 201 Å². The van der Waals surface area contributed by atoms with Gasteiger partial charge in [-0.1, -0.05) is 66.2 Å². The minimum Gasteiger partial charge on any atom is -0.348 e. The fourth-order valence-corrected chi connectivity index (χ4v) is 3.82. The summed E-state index contributed by atoms with van der Waals surface area (Å²) in [5.74, 6) is -0.200. The molecule has 0 unspecified atom stereocenters. The summed E-state index contributed by atoms with van der Waals surface area (Å²) in [5, 5.41) is 12.5. The van der Waals surface area contributed by atoms with Crippen LogP contribution in [0.25, 0.3) is 16.9 Å². The summed E-state index contributed by atoms with van der Waals surface area (Å²) in [6.45, 7) is 1.01. The summed E-state index contributed by atoms with van der Waals surface area (Å²) in [6, 6.07) is 25.1. The molecule has 168 valence electrons. The first kappa shape index (κ1) is 21.6. The molecule has 1 N–H and O–H groups in total. The number of hydrogen-bond donors (Lipinski definition) is 1. The standard InChI is InChI=1S/C26H21ClN6O/c27-22-11-9-21(10-12-22)25-24(16-33(31-25)23-7-2-1-3-8-23)26(34)29-14-19-5-4-6-20(13-19)15-32-18-28-17-30-32/h1-13,16-18H,14-15H2,(H,29,34). The summed E-state index contributed by atoms with van der Waals surface area (Å²) >= 11 is 6.06. The van der Waals surface area contributed by atoms with Gasteiger partial charge in [0.05, 0.1) is 17.8 Å². The molecule has 3 aromatic carbocycles. The number of para-hydroxylation sites is 1. The lowest BCUT2D eigenvalue weighted by molar-refractivity contribution is 0.0951. The van der Waals surface area contributed by atoms with E-state index in [4.69, 9.17) is 16.7 Å². The van der Waals surface area contributed by atoms with Crippen LogP contribution in [0.1, 0.15) is 21.5 Å². The Hall–Kier alpha value is -4.23. The third-order valence-electron chi connectivity index (χ3n) is 5.35. The average Bonchev–Trinajstić information content (AvgIpc) is 3.54. The lowest BCUT2D eigenvalue weighted by Crippen LogP contribution is -2.23. The zero-order valence-electron chi connectivity index (χ0n) is 18.2. The third kappa shape index (κ3) is 4.89. The number of hydrogen-bond acceptors (Lipinski definition) is 4. The molecule has 0 saturated heterocycles. The maximum absolute atomic E-state index is 13.3. The fourth-order valence-electron chi connectivity index (χ4n) is 3.69. The van der Waals surface area contributed by atoms with Crippen LogP contribution in [0.15, 0.2) is 97.7 Å². The highest BCUT2D eigenvalue weighted by molar-refractivity contribution is 6.30. The van der Waals surface area contributed by atoms with Crippen molar-refractivity contribution < 1.29 is 4.79 Å². The summed E-state index contributed by atoms with van der Waals surface area (Å²) in [6.07, 6.45) is 4.95. The number of halogens is 1. The molecule has 5 rings (SSSR count). The van der Waals surface area contributed by atoms with Crippen LogP contribution in [-0.2, 0) is 13.1 Å². The van der Waals surface area contributed by atoms with Crippen molar-refractivity contribution in [2.75, 3.05) is 0 Å². The first-order chi connectivity index (χ1) is 16.7. The highest BCUT2D eigenvalue weighted by Gasteiger charge is 2.18. The molecule has 0 saturated carbocycles. The van der Waals surface area contributed by atoms with Crippen molar-refractivity contribution in [1.82, 2.24) is 29.9 Å². The van der Waals surface area contributed by atoms with Gasteiger partial charge in [0.25, 0.3) is 5.91 Å². The van der Waals surface area contributed by atoms with Gasteiger partial charge in [-0.05, 0) is 35.4 Å². The molecule has 0 atom stereocenters. The number of carbonyl (C=O) groups excluding carboxylic acids is 1. The molecular weight excluding hydrogens is 448 g/mol. The Morgan fingerprint density at radius 1 is 0.941 bits per heavy atom. The van der Waals surface area contributed by atoms with Crippen LogP contribution in [0.4, 0.5) is 0 Å². The summed E-state index contributed by atoms with van der Waals surface area (Å²) in [7, 11) is 0. The number of carbonyl (C=O) groups is 1. The number of benzene rings is 3. The average molecular weight is 469 g/mol. The van der Waals surface area contributed by atoms with Crippen LogP contribution in [0.5, 0.6) is 0 Å². The van der Waals surface area contributed by atoms with E-state index in [0.717, 1.165) is 22.4 Å². The molecular formula is C26H21ClN6O. The van der Waals surface area contributed by atoms with E-state index in [0.29, 0.717) is 29.4 Å². The first-order valence-electron chi connectivity index (χ1n) is 10.8. The highest BCUT2D eigenvalue weighted by Crippen LogP contribution is 2.25. The first-order valence-corrected chi connectivity index (χ1v) is 11.1. The van der Waals surface area contributed by atoms with Gasteiger partial charge in [-0.2, -0.15) is 10.2 Å². The smallest absolute Gasteiger partial charge is 0.255 e. The van der Waals surface area contributed by atoms with Gasteiger partial charge in [0.2, 0.25) is 0 Å². The molecule has 8 heteroatoms. The highest BCUT2D eigenvalue weighted by atomic mass is 35.5. The second-order valence-electron chi connectivity index (χ2n) is 7.77. The van der Waals surface area contributed by atoms with Crippen LogP contribution >= 0.6 is 11.6 Å². The van der Waals surface area contributed by atoms with Crippen LogP contribution in [0.3, 0.4) is 0 Å². The predicted molar refractivity (Wildman–Crippen MR) is 131 cm³/mol. The Balaban J connectivity index is 1.38. The van der Waals surface area contributed by atoms with E-state index >= 15 is 0 Å². The van der Waals surface area contributed by atoms with E-state index in [1.54, 1.807) is 34.0 Å². The van der Waals surface area contributed by atoms with E-state index in [1.165, 1.54) is 6.33 Å². The number of nitrogens with one attached hydrogen (secondary N) is 1. The van der Waals surface area contributed by atoms with Gasteiger partial charge in [0, 0.05) is 23.3 Å². The maximum atomic E-state index is 13.3. The Kier molecular flexibility index (Phi) is 6.18. The number of nitrogens with zero attached hydrogens (tertiary/aromatic N) is 5. The Morgan fingerprint density at radius 3 is 2.50 bits per heavy atom. The van der Waals surface area contributed by atoms with Gasteiger partial charge in [-0.25, -0.2) is 14.3 Å². The van der Waals surface area contributed by atoms with Gasteiger partial charge in [-0.15, -0.1) is 0 Å². The third-order valence-corrected chi connectivity index (χ3v) is 5.60. The van der Waals surface area contributed by atoms with E-state index in [9.17, 15) is 4.79 Å². The van der Waals surface area contributed by atoms with Gasteiger partial charge in [0.1, 0.15) is 18.3 Å². The molecule has 0 radical (unpaired) electrons. The quantitative estimate of drug-likeness (QED) is 0.373. The van der Waals surface area contributed by atoms with Crippen LogP contribution in [0.2, 0.25) is 5.02 Å². The fraction of sp³-hybridized carbons (Fsp3) is 0.0769. The Bertz CT molecular complexity index is 1400. The van der Waals surface area contributed by atoms with Crippen LogP contribution in [-0.4, -0.2) is 30.5 Å². The van der Waals surface area contributed by atoms with E-state index in [-0.39, 0.29) is 5.91 Å². The molecule has 0 spiro atoms. The molecule has 0 fully saturated rings. The monoisotopic (exact) mass is 468 g/mol. The summed E-state index contributed by atoms with van der Waals surface area (Å²) in [5.41, 5.74) is 4.85. The molecule has 0 aliphatic carbocycles. The van der Waals surface area contributed by atoms with Gasteiger partial charge in [-0.3, -0.25) is 4.79 Å². The van der Waals surface area contributed by atoms with E-state index < -0.39 is 0 Å². The van der Waals surface area contributed by atoms with Crippen molar-refractivity contribution in [3.63, 3.8) is 0 Å². The van der Waals surface area contributed by atoms with Crippen molar-refractivity contribution >= 4 is 17.5 Å². The largest absolute Gasteiger partial charge is 0.348 e. The Morgan fingerprint density at radius 2 is 1.74 bits per heavy atom. The van der Waals surface area contributed by atoms with Crippen molar-refractivity contribution in [2.24, 2.45) is 0 Å². The number of aromatic nitrogens is 5. The lowest BCUT2D eigenvalue weighted by Gasteiger charge is -2.08. The molecule has 0 aliphatic rings. The minimum atomic E-state index is -0.200. The minimum absolute atomic E-state index is 0.200. The molecule has 5 aromatic rings. The van der Waals surface area contributed by atoms with Crippen LogP contribution in [0, 0.1) is 0 Å². The number of rotatable bonds is 7. The molecule has 34 heavy (non-hydrogen) atoms. The topological polar surface area (TPSA) is 77.6 Å². The predicted octanol–water partition coefficient (Wildman–Crippen LogP) is 4.76. The normalized spacial score (nSPS) is 10.9. The zero-order chi connectivity index (χ0) is 23.3. The van der Waals surface area contributed by atoms with E-state index in [2.05, 4.69) is 21.5 Å². The van der Waals surface area contributed by atoms with Gasteiger partial charge in [0.15, 0.2) is 0 Å². The zero-order valence-corrected chi connectivity index (χ0v) is 18.9. The van der Waals surface area contributed by atoms with Crippen LogP contribution < -0.4 is 5.32 Å². The molecule has 2 aromatic heterocycles. The number of amides is 1. The van der Waals surface area contributed by atoms with Crippen molar-refractivity contribution in [2.45, 2.75) is 13.1 Å². The van der Waals surface area contributed by atoms with E-state index in [1.807, 2.05) is 60.7 Å². The SMILES string of the molecule is O=C(NCc1cccc(Cn2cncn2)c1)c1cn(-c2ccccc2)nc1-c1ccc(Cl)cc1. The summed E-state index contributed by atoms with van der Waals surface area (Å²) < 4.78 is 3.48. The van der Waals surface area contributed by atoms with Crippen molar-refractivity contribution in [3.05, 3.63) is 119 Å². The molecule has 0 bridgehead atoms. The lowest BCUT2D eigenvalue weighted by atomic mass is 10.1. The van der Waals surface area contributed by atoms with Gasteiger partial charge < -0.3 is 5.32 Å². The molecule has 1 amide bonds. The second kappa shape index (κ2) is 9.72. The molecule has 2 heterocycles. The molecule has 7 nitrogen and oxygen atoms in total. The van der Waals surface area contributed by atoms with Crippen molar-refractivity contribution in [3.8, 4) is 16.9 Å². The second-order valence-corrected chi connectivity index (χ2v) is 8.21. The molecule has 0 aliphatic heterocycles. The maximum Gasteiger partial charge on any atom is 0.255 e. The van der Waals surface area contributed by atoms with Crippen molar-refractivity contribution in [1.29, 1.82) is 0 Å².